The highest BCUT2D eigenvalue weighted by atomic mass is 32.2. The van der Waals surface area contributed by atoms with Gasteiger partial charge in [0, 0.05) is 17.8 Å². The molecule has 2 rings (SSSR count). The van der Waals surface area contributed by atoms with E-state index in [0.29, 0.717) is 0 Å². The van der Waals surface area contributed by atoms with E-state index >= 15 is 0 Å². The summed E-state index contributed by atoms with van der Waals surface area (Å²) in [4.78, 5) is 0. The van der Waals surface area contributed by atoms with Crippen molar-refractivity contribution in [2.75, 3.05) is 25.4 Å². The van der Waals surface area contributed by atoms with Crippen molar-refractivity contribution in [3.8, 4) is 0 Å². The number of rotatable bonds is 3. The van der Waals surface area contributed by atoms with Crippen LogP contribution >= 0.6 is 11.8 Å². The Bertz CT molecular complexity index is 149. The van der Waals surface area contributed by atoms with Gasteiger partial charge in [-0.25, -0.2) is 0 Å². The Hall–Kier alpha value is 0.270. The molecular formula is C11H22N2S. The summed E-state index contributed by atoms with van der Waals surface area (Å²) in [6.45, 7) is 3.67. The lowest BCUT2D eigenvalue weighted by molar-refractivity contribution is 0.466. The third-order valence-electron chi connectivity index (χ3n) is 3.23. The van der Waals surface area contributed by atoms with Crippen LogP contribution in [0.3, 0.4) is 0 Å². The molecule has 2 saturated heterocycles. The van der Waals surface area contributed by atoms with Crippen LogP contribution in [0.4, 0.5) is 0 Å². The van der Waals surface area contributed by atoms with Crippen molar-refractivity contribution in [3.05, 3.63) is 0 Å². The highest BCUT2D eigenvalue weighted by Crippen LogP contribution is 2.25. The summed E-state index contributed by atoms with van der Waals surface area (Å²) in [6, 6.07) is 0.784. The normalized spacial score (nSPS) is 34.3. The smallest absolute Gasteiger partial charge is 0.0172 e. The van der Waals surface area contributed by atoms with E-state index in [1.165, 1.54) is 57.5 Å². The molecule has 82 valence electrons. The van der Waals surface area contributed by atoms with Crippen LogP contribution < -0.4 is 10.6 Å². The summed E-state index contributed by atoms with van der Waals surface area (Å²) in [6.07, 6.45) is 6.89. The maximum absolute atomic E-state index is 3.74. The minimum Gasteiger partial charge on any atom is -0.317 e. The molecule has 3 heteroatoms. The summed E-state index contributed by atoms with van der Waals surface area (Å²) >= 11 is 2.16. The fourth-order valence-corrected chi connectivity index (χ4v) is 3.54. The molecule has 0 aromatic carbocycles. The largest absolute Gasteiger partial charge is 0.317 e. The van der Waals surface area contributed by atoms with Gasteiger partial charge in [-0.1, -0.05) is 0 Å². The number of thioether (sulfide) groups is 1. The summed E-state index contributed by atoms with van der Waals surface area (Å²) in [5.41, 5.74) is 0. The molecule has 14 heavy (non-hydrogen) atoms. The van der Waals surface area contributed by atoms with Gasteiger partial charge in [-0.2, -0.15) is 11.8 Å². The van der Waals surface area contributed by atoms with Crippen LogP contribution in [0.25, 0.3) is 0 Å². The first kappa shape index (κ1) is 10.8. The molecule has 0 saturated carbocycles. The molecule has 2 N–H and O–H groups in total. The van der Waals surface area contributed by atoms with Gasteiger partial charge in [-0.3, -0.25) is 0 Å². The molecule has 0 spiro atoms. The summed E-state index contributed by atoms with van der Waals surface area (Å²) < 4.78 is 0. The molecule has 0 aromatic heterocycles. The maximum atomic E-state index is 3.74. The summed E-state index contributed by atoms with van der Waals surface area (Å²) in [7, 11) is 0. The molecule has 0 amide bonds. The molecule has 2 heterocycles. The van der Waals surface area contributed by atoms with E-state index in [4.69, 9.17) is 0 Å². The van der Waals surface area contributed by atoms with Gasteiger partial charge in [0.2, 0.25) is 0 Å². The lowest BCUT2D eigenvalue weighted by Gasteiger charge is -2.18. The molecule has 2 aliphatic rings. The van der Waals surface area contributed by atoms with Crippen molar-refractivity contribution < 1.29 is 0 Å². The molecule has 2 aliphatic heterocycles. The zero-order valence-corrected chi connectivity index (χ0v) is 9.74. The molecule has 2 unspecified atom stereocenters. The molecule has 0 bridgehead atoms. The van der Waals surface area contributed by atoms with Crippen LogP contribution in [-0.4, -0.2) is 36.7 Å². The molecule has 2 nitrogen and oxygen atoms in total. The minimum absolute atomic E-state index is 0.784. The van der Waals surface area contributed by atoms with Crippen molar-refractivity contribution in [3.63, 3.8) is 0 Å². The van der Waals surface area contributed by atoms with E-state index < -0.39 is 0 Å². The lowest BCUT2D eigenvalue weighted by Crippen LogP contribution is -2.34. The fraction of sp³-hybridized carbons (Fsp3) is 1.00. The van der Waals surface area contributed by atoms with Crippen LogP contribution in [0.1, 0.15) is 32.1 Å². The van der Waals surface area contributed by atoms with Crippen molar-refractivity contribution in [1.29, 1.82) is 0 Å². The first-order valence-corrected chi connectivity index (χ1v) is 7.06. The third-order valence-corrected chi connectivity index (χ3v) is 4.63. The van der Waals surface area contributed by atoms with Gasteiger partial charge in [-0.15, -0.1) is 0 Å². The quantitative estimate of drug-likeness (QED) is 0.746. The van der Waals surface area contributed by atoms with E-state index in [-0.39, 0.29) is 0 Å². The summed E-state index contributed by atoms with van der Waals surface area (Å²) in [5.74, 6) is 1.39. The van der Waals surface area contributed by atoms with Gasteiger partial charge in [0.25, 0.3) is 0 Å². The van der Waals surface area contributed by atoms with E-state index in [1.807, 2.05) is 0 Å². The highest BCUT2D eigenvalue weighted by Gasteiger charge is 2.17. The molecule has 2 fully saturated rings. The lowest BCUT2D eigenvalue weighted by atomic mass is 10.1. The van der Waals surface area contributed by atoms with Gasteiger partial charge in [0.15, 0.2) is 0 Å². The topological polar surface area (TPSA) is 24.1 Å². The standard InChI is InChI=1S/C11H22N2S/c1-3-10(5-7-12-6-1)13-9-11-4-2-8-14-11/h10-13H,1-9H2. The number of nitrogens with one attached hydrogen (secondary N) is 2. The molecule has 0 aromatic rings. The average molecular weight is 214 g/mol. The second kappa shape index (κ2) is 5.99. The number of hydrogen-bond donors (Lipinski definition) is 2. The second-order valence-corrected chi connectivity index (χ2v) is 5.83. The van der Waals surface area contributed by atoms with Crippen molar-refractivity contribution in [2.24, 2.45) is 0 Å². The van der Waals surface area contributed by atoms with Crippen LogP contribution in [0.5, 0.6) is 0 Å². The van der Waals surface area contributed by atoms with Gasteiger partial charge >= 0.3 is 0 Å². The Labute approximate surface area is 91.6 Å². The van der Waals surface area contributed by atoms with Crippen molar-refractivity contribution >= 4 is 11.8 Å². The predicted octanol–water partition coefficient (Wildman–Crippen LogP) is 1.61. The Morgan fingerprint density at radius 1 is 1.14 bits per heavy atom. The van der Waals surface area contributed by atoms with E-state index in [2.05, 4.69) is 22.4 Å². The van der Waals surface area contributed by atoms with E-state index in [9.17, 15) is 0 Å². The Balaban J connectivity index is 1.62. The predicted molar refractivity (Wildman–Crippen MR) is 64.0 cm³/mol. The average Bonchev–Trinajstić information content (AvgIpc) is 2.58. The first-order valence-electron chi connectivity index (χ1n) is 6.01. The zero-order chi connectivity index (χ0) is 9.64. The van der Waals surface area contributed by atoms with Crippen molar-refractivity contribution in [1.82, 2.24) is 10.6 Å². The molecule has 2 atom stereocenters. The van der Waals surface area contributed by atoms with Crippen LogP contribution in [0.15, 0.2) is 0 Å². The minimum atomic E-state index is 0.784. The van der Waals surface area contributed by atoms with Gasteiger partial charge in [0.05, 0.1) is 0 Å². The maximum Gasteiger partial charge on any atom is 0.0172 e. The van der Waals surface area contributed by atoms with Gasteiger partial charge < -0.3 is 10.6 Å². The molecular weight excluding hydrogens is 192 g/mol. The highest BCUT2D eigenvalue weighted by molar-refractivity contribution is 8.00. The second-order valence-electron chi connectivity index (χ2n) is 4.42. The van der Waals surface area contributed by atoms with Crippen LogP contribution in [-0.2, 0) is 0 Å². The van der Waals surface area contributed by atoms with Gasteiger partial charge in [0.1, 0.15) is 0 Å². The zero-order valence-electron chi connectivity index (χ0n) is 8.93. The summed E-state index contributed by atoms with van der Waals surface area (Å²) in [5, 5.41) is 8.11. The number of hydrogen-bond acceptors (Lipinski definition) is 3. The Kier molecular flexibility index (Phi) is 4.61. The Morgan fingerprint density at radius 2 is 2.14 bits per heavy atom. The van der Waals surface area contributed by atoms with Crippen LogP contribution in [0, 0.1) is 0 Å². The fourth-order valence-electron chi connectivity index (χ4n) is 2.33. The van der Waals surface area contributed by atoms with E-state index in [1.54, 1.807) is 0 Å². The SMILES string of the molecule is C1CNCCC(NCC2CCCS2)C1. The Morgan fingerprint density at radius 3 is 3.00 bits per heavy atom. The molecule has 0 radical (unpaired) electrons. The first-order chi connectivity index (χ1) is 6.95. The molecule has 0 aliphatic carbocycles. The van der Waals surface area contributed by atoms with Crippen molar-refractivity contribution in [2.45, 2.75) is 43.4 Å². The third kappa shape index (κ3) is 3.44. The van der Waals surface area contributed by atoms with Crippen LogP contribution in [0.2, 0.25) is 0 Å². The van der Waals surface area contributed by atoms with Gasteiger partial charge in [-0.05, 0) is 50.9 Å². The van der Waals surface area contributed by atoms with E-state index in [0.717, 1.165) is 11.3 Å². The monoisotopic (exact) mass is 214 g/mol.